The molecular weight excluding hydrogens is 471 g/mol. The molecule has 0 aliphatic rings. The van der Waals surface area contributed by atoms with E-state index in [1.54, 1.807) is 6.92 Å². The lowest BCUT2D eigenvalue weighted by atomic mass is 10.1. The Morgan fingerprint density at radius 1 is 1.03 bits per heavy atom. The number of carbonyl (C=O) groups excluding carboxylic acids is 2. The first kappa shape index (κ1) is 28.3. The summed E-state index contributed by atoms with van der Waals surface area (Å²) in [6.45, 7) is 6.79. The maximum Gasteiger partial charge on any atom is 0.304 e. The largest absolute Gasteiger partial charge is 0.352 e. The average Bonchev–Trinajstić information content (AvgIpc) is 2.78. The Balaban J connectivity index is 2.51. The molecule has 0 radical (unpaired) electrons. The van der Waals surface area contributed by atoms with E-state index in [0.29, 0.717) is 6.42 Å². The Hall–Kier alpha value is -2.98. The lowest BCUT2D eigenvalue weighted by molar-refractivity contribution is -0.140. The first-order chi connectivity index (χ1) is 16.4. The van der Waals surface area contributed by atoms with Crippen molar-refractivity contribution in [3.05, 3.63) is 65.5 Å². The van der Waals surface area contributed by atoms with E-state index in [1.807, 2.05) is 45.0 Å². The first-order valence-electron chi connectivity index (χ1n) is 11.5. The number of rotatable bonds is 11. The molecule has 0 saturated heterocycles. The number of halogens is 1. The minimum absolute atomic E-state index is 0.0935. The van der Waals surface area contributed by atoms with Crippen molar-refractivity contribution in [3.63, 3.8) is 0 Å². The number of aryl methyl sites for hydroxylation is 1. The molecule has 0 saturated carbocycles. The lowest BCUT2D eigenvalue weighted by Gasteiger charge is -2.34. The standard InChI is InChI=1S/C25H35FN4O4S/c1-7-22(25(32)27-18(2)3)29(16-20-14-12-19(4)13-15-20)24(31)17-30(35(33,34)28(5)6)23-11-9-8-10-21(23)26/h8-15,18,22H,7,16-17H2,1-6H3,(H,27,32). The molecular formula is C25H35FN4O4S. The molecule has 2 rings (SSSR count). The van der Waals surface area contributed by atoms with Gasteiger partial charge in [0.25, 0.3) is 0 Å². The highest BCUT2D eigenvalue weighted by Crippen LogP contribution is 2.24. The molecule has 0 bridgehead atoms. The fourth-order valence-corrected chi connectivity index (χ4v) is 4.61. The highest BCUT2D eigenvalue weighted by atomic mass is 32.2. The van der Waals surface area contributed by atoms with Gasteiger partial charge < -0.3 is 10.2 Å². The maximum atomic E-state index is 14.7. The van der Waals surface area contributed by atoms with Crippen LogP contribution in [0.15, 0.2) is 48.5 Å². The molecule has 0 fully saturated rings. The Morgan fingerprint density at radius 2 is 1.63 bits per heavy atom. The highest BCUT2D eigenvalue weighted by molar-refractivity contribution is 7.90. The summed E-state index contributed by atoms with van der Waals surface area (Å²) < 4.78 is 42.5. The van der Waals surface area contributed by atoms with Crippen LogP contribution in [0.5, 0.6) is 0 Å². The van der Waals surface area contributed by atoms with Crippen LogP contribution in [0, 0.1) is 12.7 Å². The van der Waals surface area contributed by atoms with E-state index in [2.05, 4.69) is 5.32 Å². The van der Waals surface area contributed by atoms with E-state index in [1.165, 1.54) is 37.2 Å². The van der Waals surface area contributed by atoms with Crippen molar-refractivity contribution in [2.45, 2.75) is 52.7 Å². The van der Waals surface area contributed by atoms with E-state index in [-0.39, 0.29) is 24.2 Å². The zero-order valence-corrected chi connectivity index (χ0v) is 22.0. The number of benzene rings is 2. The molecule has 0 aliphatic heterocycles. The molecule has 2 aromatic carbocycles. The van der Waals surface area contributed by atoms with Crippen LogP contribution >= 0.6 is 0 Å². The predicted octanol–water partition coefficient (Wildman–Crippen LogP) is 3.08. The zero-order valence-electron chi connectivity index (χ0n) is 21.2. The van der Waals surface area contributed by atoms with Gasteiger partial charge in [0.05, 0.1) is 5.69 Å². The molecule has 10 heteroatoms. The molecule has 192 valence electrons. The summed E-state index contributed by atoms with van der Waals surface area (Å²) in [6, 6.07) is 11.9. The third-order valence-corrected chi connectivity index (χ3v) is 7.24. The third kappa shape index (κ3) is 7.25. The minimum atomic E-state index is -4.21. The highest BCUT2D eigenvalue weighted by Gasteiger charge is 2.34. The molecule has 8 nitrogen and oxygen atoms in total. The van der Waals surface area contributed by atoms with Crippen molar-refractivity contribution in [2.24, 2.45) is 0 Å². The van der Waals surface area contributed by atoms with Crippen molar-refractivity contribution in [1.29, 1.82) is 0 Å². The van der Waals surface area contributed by atoms with Gasteiger partial charge in [0, 0.05) is 26.7 Å². The summed E-state index contributed by atoms with van der Waals surface area (Å²) in [6.07, 6.45) is 0.316. The fourth-order valence-electron chi connectivity index (χ4n) is 3.55. The molecule has 0 heterocycles. The second-order valence-corrected chi connectivity index (χ2v) is 10.9. The molecule has 0 spiro atoms. The number of nitrogens with one attached hydrogen (secondary N) is 1. The number of carbonyl (C=O) groups is 2. The third-order valence-electron chi connectivity index (χ3n) is 5.43. The summed E-state index contributed by atoms with van der Waals surface area (Å²) in [4.78, 5) is 28.0. The van der Waals surface area contributed by atoms with Gasteiger partial charge in [-0.2, -0.15) is 12.7 Å². The summed E-state index contributed by atoms with van der Waals surface area (Å²) >= 11 is 0. The first-order valence-corrected chi connectivity index (χ1v) is 12.9. The van der Waals surface area contributed by atoms with E-state index in [9.17, 15) is 22.4 Å². The normalized spacial score (nSPS) is 12.5. The predicted molar refractivity (Wildman–Crippen MR) is 135 cm³/mol. The SMILES string of the molecule is CCC(C(=O)NC(C)C)N(Cc1ccc(C)cc1)C(=O)CN(c1ccccc1F)S(=O)(=O)N(C)C. The molecule has 0 aromatic heterocycles. The van der Waals surface area contributed by atoms with Gasteiger partial charge in [-0.25, -0.2) is 8.70 Å². The van der Waals surface area contributed by atoms with Crippen LogP contribution in [0.1, 0.15) is 38.3 Å². The van der Waals surface area contributed by atoms with Gasteiger partial charge >= 0.3 is 10.2 Å². The van der Waals surface area contributed by atoms with Crippen molar-refractivity contribution >= 4 is 27.7 Å². The molecule has 2 aromatic rings. The number of para-hydroxylation sites is 1. The Morgan fingerprint density at radius 3 is 2.14 bits per heavy atom. The second-order valence-electron chi connectivity index (χ2n) is 8.84. The summed E-state index contributed by atoms with van der Waals surface area (Å²) in [5, 5.41) is 2.83. The van der Waals surface area contributed by atoms with Gasteiger partial charge in [-0.15, -0.1) is 0 Å². The van der Waals surface area contributed by atoms with Crippen LogP contribution in [0.4, 0.5) is 10.1 Å². The van der Waals surface area contributed by atoms with E-state index in [0.717, 1.165) is 25.8 Å². The monoisotopic (exact) mass is 506 g/mol. The van der Waals surface area contributed by atoms with Crippen molar-refractivity contribution in [2.75, 3.05) is 24.9 Å². The molecule has 1 N–H and O–H groups in total. The maximum absolute atomic E-state index is 14.7. The van der Waals surface area contributed by atoms with Gasteiger partial charge in [0.1, 0.15) is 18.4 Å². The number of hydrogen-bond acceptors (Lipinski definition) is 4. The summed E-state index contributed by atoms with van der Waals surface area (Å²) in [5.74, 6) is -1.73. The zero-order chi connectivity index (χ0) is 26.3. The minimum Gasteiger partial charge on any atom is -0.352 e. The summed E-state index contributed by atoms with van der Waals surface area (Å²) in [5.41, 5.74) is 1.58. The van der Waals surface area contributed by atoms with E-state index < -0.39 is 34.5 Å². The fraction of sp³-hybridized carbons (Fsp3) is 0.440. The van der Waals surface area contributed by atoms with Gasteiger partial charge in [0.2, 0.25) is 11.8 Å². The lowest BCUT2D eigenvalue weighted by Crippen LogP contribution is -2.54. The second kappa shape index (κ2) is 12.1. The van der Waals surface area contributed by atoms with Gasteiger partial charge in [-0.05, 0) is 44.9 Å². The Bertz CT molecular complexity index is 1120. The van der Waals surface area contributed by atoms with Crippen LogP contribution in [0.25, 0.3) is 0 Å². The average molecular weight is 507 g/mol. The quantitative estimate of drug-likeness (QED) is 0.507. The molecule has 2 amide bonds. The van der Waals surface area contributed by atoms with E-state index >= 15 is 0 Å². The number of nitrogens with zero attached hydrogens (tertiary/aromatic N) is 3. The van der Waals surface area contributed by atoms with Crippen LogP contribution in [-0.4, -0.2) is 62.2 Å². The smallest absolute Gasteiger partial charge is 0.304 e. The molecule has 1 atom stereocenters. The Labute approximate surface area is 207 Å². The number of amides is 2. The molecule has 0 aliphatic carbocycles. The number of hydrogen-bond donors (Lipinski definition) is 1. The topological polar surface area (TPSA) is 90.0 Å². The van der Waals surface area contributed by atoms with Crippen LogP contribution < -0.4 is 9.62 Å². The van der Waals surface area contributed by atoms with Gasteiger partial charge in [-0.3, -0.25) is 9.59 Å². The van der Waals surface area contributed by atoms with Gasteiger partial charge in [-0.1, -0.05) is 48.9 Å². The molecule has 1 unspecified atom stereocenters. The number of anilines is 1. The molecule has 35 heavy (non-hydrogen) atoms. The van der Waals surface area contributed by atoms with Crippen molar-refractivity contribution in [3.8, 4) is 0 Å². The van der Waals surface area contributed by atoms with Crippen LogP contribution in [0.2, 0.25) is 0 Å². The van der Waals surface area contributed by atoms with E-state index in [4.69, 9.17) is 0 Å². The van der Waals surface area contributed by atoms with Crippen molar-refractivity contribution < 1.29 is 22.4 Å². The van der Waals surface area contributed by atoms with Crippen LogP contribution in [-0.2, 0) is 26.3 Å². The Kier molecular flexibility index (Phi) is 9.79. The summed E-state index contributed by atoms with van der Waals surface area (Å²) in [7, 11) is -1.60. The van der Waals surface area contributed by atoms with Gasteiger partial charge in [0.15, 0.2) is 0 Å². The van der Waals surface area contributed by atoms with Crippen molar-refractivity contribution in [1.82, 2.24) is 14.5 Å². The van der Waals surface area contributed by atoms with Crippen LogP contribution in [0.3, 0.4) is 0 Å².